The van der Waals surface area contributed by atoms with Crippen molar-refractivity contribution in [2.75, 3.05) is 17.2 Å². The molecule has 6 heteroatoms. The van der Waals surface area contributed by atoms with Gasteiger partial charge in [-0.05, 0) is 57.2 Å². The number of hydrogen-bond acceptors (Lipinski definition) is 5. The molecule has 2 N–H and O–H groups in total. The molecule has 0 bridgehead atoms. The van der Waals surface area contributed by atoms with E-state index in [2.05, 4.69) is 15.6 Å². The van der Waals surface area contributed by atoms with Gasteiger partial charge in [-0.3, -0.25) is 4.79 Å². The van der Waals surface area contributed by atoms with E-state index in [4.69, 9.17) is 9.47 Å². The molecule has 1 aromatic heterocycles. The van der Waals surface area contributed by atoms with Crippen LogP contribution in [-0.2, 0) is 4.79 Å². The first-order chi connectivity index (χ1) is 14.0. The first kappa shape index (κ1) is 20.2. The lowest BCUT2D eigenvalue weighted by molar-refractivity contribution is -0.118. The van der Waals surface area contributed by atoms with Gasteiger partial charge >= 0.3 is 0 Å². The number of rotatable bonds is 8. The molecule has 0 aliphatic rings. The molecule has 0 saturated heterocycles. The van der Waals surface area contributed by atoms with Crippen LogP contribution in [-0.4, -0.2) is 23.6 Å². The summed E-state index contributed by atoms with van der Waals surface area (Å²) >= 11 is 0. The monoisotopic (exact) mass is 391 g/mol. The summed E-state index contributed by atoms with van der Waals surface area (Å²) in [6.07, 6.45) is 1.67. The van der Waals surface area contributed by atoms with Crippen molar-refractivity contribution < 1.29 is 14.3 Å². The number of ether oxygens (including phenoxy) is 2. The molecule has 0 unspecified atom stereocenters. The minimum Gasteiger partial charge on any atom is -0.489 e. The van der Waals surface area contributed by atoms with Crippen molar-refractivity contribution in [3.63, 3.8) is 0 Å². The Morgan fingerprint density at radius 2 is 1.79 bits per heavy atom. The molecule has 0 aliphatic heterocycles. The molecular formula is C23H25N3O3. The maximum absolute atomic E-state index is 12.1. The van der Waals surface area contributed by atoms with Crippen molar-refractivity contribution in [1.29, 1.82) is 0 Å². The van der Waals surface area contributed by atoms with Gasteiger partial charge in [-0.1, -0.05) is 29.8 Å². The Hall–Kier alpha value is -3.54. The van der Waals surface area contributed by atoms with E-state index >= 15 is 0 Å². The van der Waals surface area contributed by atoms with Crippen molar-refractivity contribution in [1.82, 2.24) is 4.98 Å². The Morgan fingerprint density at radius 3 is 2.48 bits per heavy atom. The molecule has 150 valence electrons. The number of aryl methyl sites for hydroxylation is 1. The number of hydrogen-bond donors (Lipinski definition) is 2. The van der Waals surface area contributed by atoms with E-state index in [1.807, 2.05) is 69.3 Å². The normalized spacial score (nSPS) is 10.5. The number of amides is 1. The molecule has 0 atom stereocenters. The fourth-order valence-electron chi connectivity index (χ4n) is 2.59. The molecular weight excluding hydrogens is 366 g/mol. The van der Waals surface area contributed by atoms with Crippen LogP contribution in [0.3, 0.4) is 0 Å². The highest BCUT2D eigenvalue weighted by Gasteiger charge is 2.07. The zero-order valence-corrected chi connectivity index (χ0v) is 16.8. The number of pyridine rings is 1. The Labute approximate surface area is 170 Å². The van der Waals surface area contributed by atoms with Crippen LogP contribution in [0.15, 0.2) is 66.9 Å². The maximum atomic E-state index is 12.1. The lowest BCUT2D eigenvalue weighted by atomic mass is 10.2. The van der Waals surface area contributed by atoms with Crippen molar-refractivity contribution in [2.45, 2.75) is 26.9 Å². The number of aromatic nitrogens is 1. The van der Waals surface area contributed by atoms with Crippen LogP contribution in [0.1, 0.15) is 19.4 Å². The molecule has 0 saturated carbocycles. The lowest BCUT2D eigenvalue weighted by Crippen LogP contribution is -2.20. The van der Waals surface area contributed by atoms with E-state index in [0.717, 1.165) is 17.0 Å². The molecule has 3 aromatic rings. The quantitative estimate of drug-likeness (QED) is 0.569. The molecule has 2 aromatic carbocycles. The van der Waals surface area contributed by atoms with Gasteiger partial charge in [-0.2, -0.15) is 0 Å². The second kappa shape index (κ2) is 9.59. The number of anilines is 3. The van der Waals surface area contributed by atoms with Crippen molar-refractivity contribution in [3.05, 3.63) is 72.4 Å². The minimum absolute atomic E-state index is 0.0665. The third-order valence-electron chi connectivity index (χ3n) is 3.95. The van der Waals surface area contributed by atoms with Crippen LogP contribution in [0.2, 0.25) is 0 Å². The predicted octanol–water partition coefficient (Wildman–Crippen LogP) is 4.94. The summed E-state index contributed by atoms with van der Waals surface area (Å²) in [5.41, 5.74) is 2.57. The molecule has 1 heterocycles. The van der Waals surface area contributed by atoms with Crippen LogP contribution in [0.4, 0.5) is 17.2 Å². The number of nitrogens with one attached hydrogen (secondary N) is 2. The molecule has 0 radical (unpaired) electrons. The van der Waals surface area contributed by atoms with E-state index in [-0.39, 0.29) is 18.6 Å². The van der Waals surface area contributed by atoms with E-state index in [0.29, 0.717) is 17.3 Å². The Morgan fingerprint density at radius 1 is 1.03 bits per heavy atom. The fraction of sp³-hybridized carbons (Fsp3) is 0.217. The highest BCUT2D eigenvalue weighted by molar-refractivity contribution is 5.91. The standard InChI is InChI=1S/C23H25N3O3/c1-16(2)29-21-7-5-4-6-20(21)26-22-13-10-18(14-24-22)25-23(27)15-28-19-11-8-17(3)9-12-19/h4-14,16H,15H2,1-3H3,(H,24,26)(H,25,27). The van der Waals surface area contributed by atoms with Gasteiger partial charge in [0.2, 0.25) is 0 Å². The number of benzene rings is 2. The summed E-state index contributed by atoms with van der Waals surface area (Å²) in [6.45, 7) is 5.89. The number of para-hydroxylation sites is 2. The zero-order chi connectivity index (χ0) is 20.6. The first-order valence-electron chi connectivity index (χ1n) is 9.47. The molecule has 29 heavy (non-hydrogen) atoms. The van der Waals surface area contributed by atoms with Crippen LogP contribution < -0.4 is 20.1 Å². The molecule has 6 nitrogen and oxygen atoms in total. The second-order valence-electron chi connectivity index (χ2n) is 6.87. The van der Waals surface area contributed by atoms with E-state index in [1.54, 1.807) is 18.3 Å². The van der Waals surface area contributed by atoms with Crippen LogP contribution in [0.5, 0.6) is 11.5 Å². The van der Waals surface area contributed by atoms with Gasteiger partial charge in [0.25, 0.3) is 5.91 Å². The summed E-state index contributed by atoms with van der Waals surface area (Å²) in [7, 11) is 0. The van der Waals surface area contributed by atoms with Crippen LogP contribution >= 0.6 is 0 Å². The first-order valence-corrected chi connectivity index (χ1v) is 9.47. The Balaban J connectivity index is 1.55. The van der Waals surface area contributed by atoms with Crippen LogP contribution in [0, 0.1) is 6.92 Å². The summed E-state index contributed by atoms with van der Waals surface area (Å²) in [6, 6.07) is 18.8. The summed E-state index contributed by atoms with van der Waals surface area (Å²) in [4.78, 5) is 16.4. The van der Waals surface area contributed by atoms with E-state index in [9.17, 15) is 4.79 Å². The number of carbonyl (C=O) groups excluding carboxylic acids is 1. The summed E-state index contributed by atoms with van der Waals surface area (Å²) < 4.78 is 11.3. The minimum atomic E-state index is -0.247. The number of carbonyl (C=O) groups is 1. The molecule has 3 rings (SSSR count). The lowest BCUT2D eigenvalue weighted by Gasteiger charge is -2.15. The average molecular weight is 391 g/mol. The summed E-state index contributed by atoms with van der Waals surface area (Å²) in [5.74, 6) is 1.82. The van der Waals surface area contributed by atoms with Gasteiger partial charge in [-0.25, -0.2) is 4.98 Å². The highest BCUT2D eigenvalue weighted by atomic mass is 16.5. The van der Waals surface area contributed by atoms with Crippen molar-refractivity contribution >= 4 is 23.1 Å². The largest absolute Gasteiger partial charge is 0.489 e. The summed E-state index contributed by atoms with van der Waals surface area (Å²) in [5, 5.41) is 6.01. The number of nitrogens with zero attached hydrogens (tertiary/aromatic N) is 1. The zero-order valence-electron chi connectivity index (χ0n) is 16.8. The van der Waals surface area contributed by atoms with E-state index < -0.39 is 0 Å². The van der Waals surface area contributed by atoms with Gasteiger partial charge in [-0.15, -0.1) is 0 Å². The van der Waals surface area contributed by atoms with Gasteiger partial charge in [0.15, 0.2) is 6.61 Å². The maximum Gasteiger partial charge on any atom is 0.262 e. The van der Waals surface area contributed by atoms with Crippen molar-refractivity contribution in [2.24, 2.45) is 0 Å². The SMILES string of the molecule is Cc1ccc(OCC(=O)Nc2ccc(Nc3ccccc3OC(C)C)nc2)cc1. The average Bonchev–Trinajstić information content (AvgIpc) is 2.70. The third kappa shape index (κ3) is 6.24. The van der Waals surface area contributed by atoms with Gasteiger partial charge in [0.1, 0.15) is 17.3 Å². The van der Waals surface area contributed by atoms with Crippen molar-refractivity contribution in [3.8, 4) is 11.5 Å². The predicted molar refractivity (Wildman–Crippen MR) is 115 cm³/mol. The van der Waals surface area contributed by atoms with E-state index in [1.165, 1.54) is 0 Å². The molecule has 0 fully saturated rings. The van der Waals surface area contributed by atoms with Crippen LogP contribution in [0.25, 0.3) is 0 Å². The van der Waals surface area contributed by atoms with Gasteiger partial charge < -0.3 is 20.1 Å². The third-order valence-corrected chi connectivity index (χ3v) is 3.95. The molecule has 1 amide bonds. The fourth-order valence-corrected chi connectivity index (χ4v) is 2.59. The topological polar surface area (TPSA) is 72.5 Å². The second-order valence-corrected chi connectivity index (χ2v) is 6.87. The highest BCUT2D eigenvalue weighted by Crippen LogP contribution is 2.27. The molecule has 0 aliphatic carbocycles. The molecule has 0 spiro atoms. The van der Waals surface area contributed by atoms with Gasteiger partial charge in [0, 0.05) is 0 Å². The Bertz CT molecular complexity index is 938. The smallest absolute Gasteiger partial charge is 0.262 e. The Kier molecular flexibility index (Phi) is 6.68. The van der Waals surface area contributed by atoms with Gasteiger partial charge in [0.05, 0.1) is 23.7 Å².